The molecule has 2 atom stereocenters. The lowest BCUT2D eigenvalue weighted by Crippen LogP contribution is -2.27. The van der Waals surface area contributed by atoms with Gasteiger partial charge in [0.1, 0.15) is 0 Å². The minimum atomic E-state index is -0.466. The molecule has 1 heterocycles. The third-order valence-corrected chi connectivity index (χ3v) is 3.94. The van der Waals surface area contributed by atoms with E-state index in [1.807, 2.05) is 12.2 Å². The van der Waals surface area contributed by atoms with Crippen LogP contribution in [0.25, 0.3) is 0 Å². The molecule has 0 amide bonds. The maximum Gasteiger partial charge on any atom is 0.196 e. The van der Waals surface area contributed by atoms with E-state index in [9.17, 15) is 10.2 Å². The highest BCUT2D eigenvalue weighted by atomic mass is 16.3. The Morgan fingerprint density at radius 1 is 1.32 bits per heavy atom. The lowest BCUT2D eigenvalue weighted by molar-refractivity contribution is 0.419. The molecule has 0 aromatic carbocycles. The van der Waals surface area contributed by atoms with Crippen LogP contribution in [0.4, 0.5) is 0 Å². The Morgan fingerprint density at radius 2 is 2.11 bits per heavy atom. The number of H-pyrrole nitrogens is 1. The van der Waals surface area contributed by atoms with Crippen LogP contribution in [0.2, 0.25) is 0 Å². The Bertz CT molecular complexity index is 624. The average Bonchev–Trinajstić information content (AvgIpc) is 2.96. The largest absolute Gasteiger partial charge is 0.494 e. The van der Waals surface area contributed by atoms with Crippen LogP contribution in [-0.2, 0) is 5.41 Å². The summed E-state index contributed by atoms with van der Waals surface area (Å²) < 4.78 is 0. The molecule has 1 aromatic rings. The summed E-state index contributed by atoms with van der Waals surface area (Å²) in [7, 11) is 0. The number of nitrogens with one attached hydrogen (secondary N) is 1. The topological polar surface area (TPSA) is 68.6 Å². The summed E-state index contributed by atoms with van der Waals surface area (Å²) in [5, 5.41) is 20.0. The summed E-state index contributed by atoms with van der Waals surface area (Å²) in [6, 6.07) is 0. The number of aromatic amines is 1. The van der Waals surface area contributed by atoms with Gasteiger partial charge in [0, 0.05) is 22.8 Å². The fourth-order valence-electron chi connectivity index (χ4n) is 3.31. The molecule has 0 fully saturated rings. The molecular weight excluding hydrogens is 240 g/mol. The molecule has 3 N–H and O–H groups in total. The van der Waals surface area contributed by atoms with Gasteiger partial charge in [-0.2, -0.15) is 0 Å². The van der Waals surface area contributed by atoms with Gasteiger partial charge in [0.2, 0.25) is 0 Å². The number of fused-ring (bicyclic) bond motifs is 5. The summed E-state index contributed by atoms with van der Waals surface area (Å²) in [5.74, 6) is -0.0151. The van der Waals surface area contributed by atoms with E-state index in [1.165, 1.54) is 0 Å². The van der Waals surface area contributed by atoms with E-state index in [4.69, 9.17) is 0 Å². The van der Waals surface area contributed by atoms with E-state index in [-0.39, 0.29) is 17.7 Å². The number of allylic oxidation sites excluding steroid dienone is 3. The van der Waals surface area contributed by atoms with Gasteiger partial charge in [0.05, 0.1) is 12.0 Å². The molecule has 4 nitrogen and oxygen atoms in total. The molecule has 4 heteroatoms. The lowest BCUT2D eigenvalue weighted by Gasteiger charge is -2.24. The van der Waals surface area contributed by atoms with Gasteiger partial charge in [-0.3, -0.25) is 9.98 Å². The Morgan fingerprint density at radius 3 is 2.79 bits per heavy atom. The number of rotatable bonds is 4. The molecule has 19 heavy (non-hydrogen) atoms. The van der Waals surface area contributed by atoms with Crippen molar-refractivity contribution in [3.05, 3.63) is 48.6 Å². The smallest absolute Gasteiger partial charge is 0.196 e. The van der Waals surface area contributed by atoms with Gasteiger partial charge >= 0.3 is 0 Å². The first kappa shape index (κ1) is 11.8. The molecule has 0 radical (unpaired) electrons. The highest BCUT2D eigenvalue weighted by molar-refractivity contribution is 6.11. The van der Waals surface area contributed by atoms with Crippen LogP contribution in [0.15, 0.2) is 42.5 Å². The van der Waals surface area contributed by atoms with E-state index in [1.54, 1.807) is 6.08 Å². The molecule has 0 saturated heterocycles. The quantitative estimate of drug-likeness (QED) is 0.724. The highest BCUT2D eigenvalue weighted by Crippen LogP contribution is 2.58. The number of hydrogen-bond acceptors (Lipinski definition) is 3. The second-order valence-electron chi connectivity index (χ2n) is 4.93. The van der Waals surface area contributed by atoms with Crippen molar-refractivity contribution in [3.8, 4) is 11.8 Å². The number of aromatic nitrogens is 1. The summed E-state index contributed by atoms with van der Waals surface area (Å²) in [4.78, 5) is 7.18. The van der Waals surface area contributed by atoms with Crippen molar-refractivity contribution in [2.24, 2.45) is 4.99 Å². The van der Waals surface area contributed by atoms with E-state index in [0.29, 0.717) is 13.0 Å². The van der Waals surface area contributed by atoms with Gasteiger partial charge in [0.25, 0.3) is 0 Å². The van der Waals surface area contributed by atoms with Crippen molar-refractivity contribution in [3.63, 3.8) is 0 Å². The van der Waals surface area contributed by atoms with Gasteiger partial charge in [0.15, 0.2) is 11.8 Å². The van der Waals surface area contributed by atoms with Gasteiger partial charge < -0.3 is 10.2 Å². The predicted octanol–water partition coefficient (Wildman–Crippen LogP) is 2.53. The number of nitrogens with zero attached hydrogens (tertiary/aromatic N) is 1. The summed E-state index contributed by atoms with van der Waals surface area (Å²) in [6.07, 6.45) is 8.28. The molecule has 0 saturated carbocycles. The van der Waals surface area contributed by atoms with E-state index in [2.05, 4.69) is 29.2 Å². The van der Waals surface area contributed by atoms with Crippen LogP contribution in [-0.4, -0.2) is 27.5 Å². The third-order valence-electron chi connectivity index (χ3n) is 3.94. The van der Waals surface area contributed by atoms with Crippen molar-refractivity contribution in [1.29, 1.82) is 0 Å². The van der Waals surface area contributed by atoms with Crippen molar-refractivity contribution < 1.29 is 10.2 Å². The van der Waals surface area contributed by atoms with Gasteiger partial charge in [-0.1, -0.05) is 24.3 Å². The average molecular weight is 256 g/mol. The second-order valence-corrected chi connectivity index (χ2v) is 4.93. The number of aromatic hydroxyl groups is 2. The van der Waals surface area contributed by atoms with Crippen LogP contribution in [0.3, 0.4) is 0 Å². The van der Waals surface area contributed by atoms with Crippen LogP contribution < -0.4 is 0 Å². The molecule has 2 unspecified atom stereocenters. The van der Waals surface area contributed by atoms with E-state index in [0.717, 1.165) is 16.8 Å². The standard InChI is InChI=1S/C15H16N2O2/c1-3-6-15-7-5-9(12(15)16-8-4-2)10-11(15)14(19)17-13(10)18/h3-5,7,9,17-19H,1-2,6,8H2. The molecule has 2 aliphatic carbocycles. The SMILES string of the molecule is C=CCN=C1C2C=CC1(CC=C)c1c(O)[nH]c(O)c12. The lowest BCUT2D eigenvalue weighted by atomic mass is 9.79. The molecule has 0 aliphatic heterocycles. The van der Waals surface area contributed by atoms with Crippen molar-refractivity contribution >= 4 is 5.71 Å². The molecular formula is C15H16N2O2. The van der Waals surface area contributed by atoms with Gasteiger partial charge in [-0.25, -0.2) is 0 Å². The van der Waals surface area contributed by atoms with Crippen molar-refractivity contribution in [2.45, 2.75) is 17.8 Å². The molecule has 3 rings (SSSR count). The van der Waals surface area contributed by atoms with Crippen LogP contribution in [0.1, 0.15) is 23.5 Å². The first-order valence-corrected chi connectivity index (χ1v) is 6.26. The highest BCUT2D eigenvalue weighted by Gasteiger charge is 2.54. The molecule has 98 valence electrons. The van der Waals surface area contributed by atoms with Crippen molar-refractivity contribution in [2.75, 3.05) is 6.54 Å². The molecule has 2 bridgehead atoms. The first-order valence-electron chi connectivity index (χ1n) is 6.26. The fourth-order valence-corrected chi connectivity index (χ4v) is 3.31. The van der Waals surface area contributed by atoms with Gasteiger partial charge in [-0.15, -0.1) is 13.2 Å². The zero-order valence-corrected chi connectivity index (χ0v) is 10.6. The van der Waals surface area contributed by atoms with Gasteiger partial charge in [-0.05, 0) is 6.42 Å². The normalized spacial score (nSPS) is 28.8. The third kappa shape index (κ3) is 1.31. The number of hydrogen-bond donors (Lipinski definition) is 3. The Hall–Kier alpha value is -2.23. The minimum absolute atomic E-state index is 0.0208. The minimum Gasteiger partial charge on any atom is -0.494 e. The Balaban J connectivity index is 2.23. The Kier molecular flexibility index (Phi) is 2.42. The molecule has 2 aliphatic rings. The Labute approximate surface area is 111 Å². The first-order chi connectivity index (χ1) is 9.15. The molecule has 1 aromatic heterocycles. The van der Waals surface area contributed by atoms with E-state index < -0.39 is 5.41 Å². The summed E-state index contributed by atoms with van der Waals surface area (Å²) >= 11 is 0. The zero-order valence-electron chi connectivity index (χ0n) is 10.6. The predicted molar refractivity (Wildman–Crippen MR) is 75.0 cm³/mol. The monoisotopic (exact) mass is 256 g/mol. The fraction of sp³-hybridized carbons (Fsp3) is 0.267. The summed E-state index contributed by atoms with van der Waals surface area (Å²) in [6.45, 7) is 8.01. The molecule has 0 spiro atoms. The number of aliphatic imine (C=N–C) groups is 1. The summed E-state index contributed by atoms with van der Waals surface area (Å²) in [5.41, 5.74) is 1.97. The van der Waals surface area contributed by atoms with Crippen molar-refractivity contribution in [1.82, 2.24) is 4.98 Å². The maximum absolute atomic E-state index is 10.1. The maximum atomic E-state index is 10.1. The van der Waals surface area contributed by atoms with Crippen LogP contribution >= 0.6 is 0 Å². The second kappa shape index (κ2) is 3.88. The zero-order chi connectivity index (χ0) is 13.6. The van der Waals surface area contributed by atoms with Crippen LogP contribution in [0, 0.1) is 0 Å². The van der Waals surface area contributed by atoms with Crippen LogP contribution in [0.5, 0.6) is 11.8 Å². The van der Waals surface area contributed by atoms with E-state index >= 15 is 0 Å².